The van der Waals surface area contributed by atoms with E-state index in [4.69, 9.17) is 10.2 Å². The predicted octanol–water partition coefficient (Wildman–Crippen LogP) is 2.22. The number of benzene rings is 1. The largest absolute Gasteiger partial charge is 0.439 e. The molecular weight excluding hydrogens is 266 g/mol. The molecule has 3 aromatic rings. The van der Waals surface area contributed by atoms with E-state index in [1.807, 2.05) is 6.07 Å². The number of hydrogen-bond donors (Lipinski definition) is 1. The van der Waals surface area contributed by atoms with E-state index in [1.54, 1.807) is 10.9 Å². The quantitative estimate of drug-likeness (QED) is 0.797. The zero-order valence-electron chi connectivity index (χ0n) is 12.5. The Bertz CT molecular complexity index is 766. The zero-order chi connectivity index (χ0) is 15.0. The summed E-state index contributed by atoms with van der Waals surface area (Å²) < 4.78 is 7.43. The maximum Gasteiger partial charge on any atom is 0.217 e. The van der Waals surface area contributed by atoms with Crippen molar-refractivity contribution < 1.29 is 4.42 Å². The Labute approximate surface area is 123 Å². The van der Waals surface area contributed by atoms with Gasteiger partial charge in [0, 0.05) is 6.54 Å². The van der Waals surface area contributed by atoms with Gasteiger partial charge in [0.15, 0.2) is 5.58 Å². The van der Waals surface area contributed by atoms with Crippen molar-refractivity contribution in [2.24, 2.45) is 5.73 Å². The molecule has 0 atom stereocenters. The number of nitrogens with two attached hydrogens (primary N) is 1. The third-order valence-corrected chi connectivity index (χ3v) is 3.39. The summed E-state index contributed by atoms with van der Waals surface area (Å²) in [5.74, 6) is 0.615. The van der Waals surface area contributed by atoms with Gasteiger partial charge in [0.1, 0.15) is 12.1 Å². The first-order valence-electron chi connectivity index (χ1n) is 6.95. The number of aromatic nitrogens is 4. The lowest BCUT2D eigenvalue weighted by molar-refractivity contribution is 0.485. The molecule has 0 amide bonds. The molecule has 0 saturated carbocycles. The lowest BCUT2D eigenvalue weighted by Gasteiger charge is -2.18. The number of hydrogen-bond acceptors (Lipinski definition) is 5. The van der Waals surface area contributed by atoms with Crippen LogP contribution in [0, 0.1) is 0 Å². The Balaban J connectivity index is 1.90. The number of nitrogens with zero attached hydrogens (tertiary/aromatic N) is 4. The van der Waals surface area contributed by atoms with Crippen LogP contribution in [0.2, 0.25) is 0 Å². The average molecular weight is 285 g/mol. The van der Waals surface area contributed by atoms with E-state index >= 15 is 0 Å². The predicted molar refractivity (Wildman–Crippen MR) is 79.7 cm³/mol. The summed E-state index contributed by atoms with van der Waals surface area (Å²) in [7, 11) is 0. The summed E-state index contributed by atoms with van der Waals surface area (Å²) in [6.45, 7) is 7.37. The molecule has 0 aliphatic heterocycles. The van der Waals surface area contributed by atoms with Crippen LogP contribution >= 0.6 is 0 Å². The van der Waals surface area contributed by atoms with Crippen molar-refractivity contribution in [2.45, 2.75) is 39.3 Å². The van der Waals surface area contributed by atoms with Crippen molar-refractivity contribution in [2.75, 3.05) is 0 Å². The molecule has 0 aliphatic rings. The van der Waals surface area contributed by atoms with Crippen molar-refractivity contribution in [3.8, 4) is 0 Å². The summed E-state index contributed by atoms with van der Waals surface area (Å²) in [5.41, 5.74) is 9.26. The molecule has 0 fully saturated rings. The first-order chi connectivity index (χ1) is 9.95. The highest BCUT2D eigenvalue weighted by molar-refractivity contribution is 5.73. The van der Waals surface area contributed by atoms with Gasteiger partial charge >= 0.3 is 0 Å². The van der Waals surface area contributed by atoms with Crippen LogP contribution in [0.15, 0.2) is 28.8 Å². The fraction of sp³-hybridized carbons (Fsp3) is 0.400. The number of fused-ring (bicyclic) bond motifs is 1. The van der Waals surface area contributed by atoms with E-state index in [0.29, 0.717) is 19.0 Å². The summed E-state index contributed by atoms with van der Waals surface area (Å²) >= 11 is 0. The highest BCUT2D eigenvalue weighted by Gasteiger charge is 2.16. The monoisotopic (exact) mass is 285 g/mol. The Morgan fingerprint density at radius 3 is 2.76 bits per heavy atom. The summed E-state index contributed by atoms with van der Waals surface area (Å²) in [6.07, 6.45) is 1.80. The van der Waals surface area contributed by atoms with Crippen LogP contribution in [0.4, 0.5) is 0 Å². The van der Waals surface area contributed by atoms with Crippen LogP contribution in [-0.2, 0) is 18.5 Å². The van der Waals surface area contributed by atoms with Gasteiger partial charge in [-0.3, -0.25) is 0 Å². The SMILES string of the molecule is CC(C)(C)c1ccc2oc(Cn3cc(CN)nn3)nc2c1. The molecule has 3 rings (SSSR count). The molecule has 0 spiro atoms. The van der Waals surface area contributed by atoms with Crippen LogP contribution < -0.4 is 5.73 Å². The highest BCUT2D eigenvalue weighted by Crippen LogP contribution is 2.26. The second-order valence-electron chi connectivity index (χ2n) is 6.15. The van der Waals surface area contributed by atoms with Gasteiger partial charge in [0.25, 0.3) is 0 Å². The summed E-state index contributed by atoms with van der Waals surface area (Å²) in [6, 6.07) is 6.13. The van der Waals surface area contributed by atoms with E-state index in [-0.39, 0.29) is 5.41 Å². The second-order valence-corrected chi connectivity index (χ2v) is 6.15. The van der Waals surface area contributed by atoms with Crippen molar-refractivity contribution in [3.05, 3.63) is 41.5 Å². The second kappa shape index (κ2) is 4.96. The van der Waals surface area contributed by atoms with E-state index in [1.165, 1.54) is 5.56 Å². The van der Waals surface area contributed by atoms with E-state index < -0.39 is 0 Å². The molecule has 1 aromatic carbocycles. The Morgan fingerprint density at radius 1 is 1.29 bits per heavy atom. The molecule has 0 aliphatic carbocycles. The molecule has 0 bridgehead atoms. The molecule has 2 aromatic heterocycles. The molecule has 0 saturated heterocycles. The Morgan fingerprint density at radius 2 is 2.10 bits per heavy atom. The summed E-state index contributed by atoms with van der Waals surface area (Å²) in [5, 5.41) is 7.95. The molecule has 21 heavy (non-hydrogen) atoms. The topological polar surface area (TPSA) is 82.8 Å². The van der Waals surface area contributed by atoms with Gasteiger partial charge < -0.3 is 10.2 Å². The third-order valence-electron chi connectivity index (χ3n) is 3.39. The lowest BCUT2D eigenvalue weighted by atomic mass is 9.87. The van der Waals surface area contributed by atoms with Crippen LogP contribution in [0.25, 0.3) is 11.1 Å². The Kier molecular flexibility index (Phi) is 3.25. The van der Waals surface area contributed by atoms with Crippen molar-refractivity contribution >= 4 is 11.1 Å². The fourth-order valence-corrected chi connectivity index (χ4v) is 2.16. The first-order valence-corrected chi connectivity index (χ1v) is 6.95. The average Bonchev–Trinajstić information content (AvgIpc) is 3.02. The molecule has 110 valence electrons. The van der Waals surface area contributed by atoms with Crippen LogP contribution in [0.5, 0.6) is 0 Å². The van der Waals surface area contributed by atoms with Gasteiger partial charge in [0.05, 0.1) is 11.9 Å². The van der Waals surface area contributed by atoms with Crippen molar-refractivity contribution in [3.63, 3.8) is 0 Å². The van der Waals surface area contributed by atoms with Crippen LogP contribution in [0.1, 0.15) is 37.9 Å². The van der Waals surface area contributed by atoms with Crippen molar-refractivity contribution in [1.82, 2.24) is 20.0 Å². The minimum atomic E-state index is 0.0925. The summed E-state index contributed by atoms with van der Waals surface area (Å²) in [4.78, 5) is 4.53. The van der Waals surface area contributed by atoms with Gasteiger partial charge in [-0.25, -0.2) is 9.67 Å². The van der Waals surface area contributed by atoms with E-state index in [9.17, 15) is 0 Å². The van der Waals surface area contributed by atoms with Crippen LogP contribution in [-0.4, -0.2) is 20.0 Å². The molecule has 6 heteroatoms. The zero-order valence-corrected chi connectivity index (χ0v) is 12.5. The number of oxazole rings is 1. The van der Waals surface area contributed by atoms with Gasteiger partial charge in [-0.2, -0.15) is 0 Å². The minimum Gasteiger partial charge on any atom is -0.439 e. The smallest absolute Gasteiger partial charge is 0.217 e. The first kappa shape index (κ1) is 13.8. The molecule has 2 heterocycles. The minimum absolute atomic E-state index is 0.0925. The lowest BCUT2D eigenvalue weighted by Crippen LogP contribution is -2.10. The highest BCUT2D eigenvalue weighted by atomic mass is 16.3. The molecule has 0 radical (unpaired) electrons. The van der Waals surface area contributed by atoms with Gasteiger partial charge in [-0.05, 0) is 23.1 Å². The third kappa shape index (κ3) is 2.80. The normalized spacial score (nSPS) is 12.2. The fourth-order valence-electron chi connectivity index (χ4n) is 2.16. The van der Waals surface area contributed by atoms with Crippen molar-refractivity contribution in [1.29, 1.82) is 0 Å². The number of rotatable bonds is 3. The molecular formula is C15H19N5O. The standard InChI is InChI=1S/C15H19N5O/c1-15(2,3)10-4-5-13-12(6-10)17-14(21-13)9-20-8-11(7-16)18-19-20/h4-6,8H,7,9,16H2,1-3H3. The Hall–Kier alpha value is -2.21. The molecule has 2 N–H and O–H groups in total. The molecule has 0 unspecified atom stereocenters. The van der Waals surface area contributed by atoms with E-state index in [0.717, 1.165) is 16.8 Å². The van der Waals surface area contributed by atoms with Crippen LogP contribution in [0.3, 0.4) is 0 Å². The van der Waals surface area contributed by atoms with Gasteiger partial charge in [-0.15, -0.1) is 5.10 Å². The van der Waals surface area contributed by atoms with Gasteiger partial charge in [-0.1, -0.05) is 32.1 Å². The maximum absolute atomic E-state index is 5.75. The van der Waals surface area contributed by atoms with Gasteiger partial charge in [0.2, 0.25) is 5.89 Å². The maximum atomic E-state index is 5.75. The van der Waals surface area contributed by atoms with E-state index in [2.05, 4.69) is 48.2 Å². The molecule has 6 nitrogen and oxygen atoms in total.